The molecule has 26 heavy (non-hydrogen) atoms. The van der Waals surface area contributed by atoms with E-state index >= 15 is 0 Å². The van der Waals surface area contributed by atoms with Crippen LogP contribution >= 0.6 is 23.5 Å². The van der Waals surface area contributed by atoms with E-state index in [-0.39, 0.29) is 17.5 Å². The number of ether oxygens (including phenoxy) is 1. The summed E-state index contributed by atoms with van der Waals surface area (Å²) in [5, 5.41) is 11.9. The van der Waals surface area contributed by atoms with E-state index in [9.17, 15) is 19.5 Å². The van der Waals surface area contributed by atoms with Crippen molar-refractivity contribution in [1.29, 1.82) is 0 Å². The maximum absolute atomic E-state index is 12.5. The molecule has 1 aromatic carbocycles. The largest absolute Gasteiger partial charge is 0.496 e. The number of hydrogen-bond acceptors (Lipinski definition) is 7. The second kappa shape index (κ2) is 8.15. The van der Waals surface area contributed by atoms with Gasteiger partial charge in [-0.1, -0.05) is 18.2 Å². The Kier molecular flexibility index (Phi) is 5.90. The molecule has 3 amide bonds. The molecule has 7 nitrogen and oxygen atoms in total. The highest BCUT2D eigenvalue weighted by atomic mass is 32.2. The third-order valence-electron chi connectivity index (χ3n) is 4.00. The number of thioether (sulfide) groups is 2. The molecule has 0 radical (unpaired) electrons. The SMILES string of the molecule is COc1ccccc1/C=C1\SC(=O)N(CC(=O)N[C@H]2CSC[C@H]2O)C1=O. The van der Waals surface area contributed by atoms with E-state index < -0.39 is 23.2 Å². The van der Waals surface area contributed by atoms with Crippen molar-refractivity contribution in [2.24, 2.45) is 0 Å². The van der Waals surface area contributed by atoms with Gasteiger partial charge in [-0.2, -0.15) is 11.8 Å². The van der Waals surface area contributed by atoms with Crippen LogP contribution in [-0.4, -0.2) is 64.4 Å². The van der Waals surface area contributed by atoms with Gasteiger partial charge < -0.3 is 15.2 Å². The first kappa shape index (κ1) is 18.8. The van der Waals surface area contributed by atoms with Crippen LogP contribution in [0.1, 0.15) is 5.56 Å². The van der Waals surface area contributed by atoms with E-state index in [1.807, 2.05) is 6.07 Å². The summed E-state index contributed by atoms with van der Waals surface area (Å²) >= 11 is 2.33. The number of rotatable bonds is 5. The maximum atomic E-state index is 12.5. The minimum atomic E-state index is -0.607. The van der Waals surface area contributed by atoms with Gasteiger partial charge in [-0.05, 0) is 23.9 Å². The van der Waals surface area contributed by atoms with Gasteiger partial charge in [0.15, 0.2) is 0 Å². The van der Waals surface area contributed by atoms with Crippen LogP contribution < -0.4 is 10.1 Å². The molecule has 9 heteroatoms. The van der Waals surface area contributed by atoms with Crippen LogP contribution in [0.4, 0.5) is 4.79 Å². The molecule has 2 atom stereocenters. The summed E-state index contributed by atoms with van der Waals surface area (Å²) in [5.41, 5.74) is 0.677. The van der Waals surface area contributed by atoms with Gasteiger partial charge in [0.1, 0.15) is 12.3 Å². The summed E-state index contributed by atoms with van der Waals surface area (Å²) in [5.74, 6) is 0.793. The number of imide groups is 1. The number of nitrogens with one attached hydrogen (secondary N) is 1. The van der Waals surface area contributed by atoms with Crippen molar-refractivity contribution < 1.29 is 24.2 Å². The normalized spacial score (nSPS) is 24.4. The summed E-state index contributed by atoms with van der Waals surface area (Å²) in [7, 11) is 1.53. The summed E-state index contributed by atoms with van der Waals surface area (Å²) in [4.78, 5) is 37.9. The highest BCUT2D eigenvalue weighted by molar-refractivity contribution is 8.18. The molecule has 3 rings (SSSR count). The predicted octanol–water partition coefficient (Wildman–Crippen LogP) is 1.32. The van der Waals surface area contributed by atoms with E-state index in [2.05, 4.69) is 5.32 Å². The number of amides is 3. The van der Waals surface area contributed by atoms with E-state index in [1.54, 1.807) is 36.0 Å². The van der Waals surface area contributed by atoms with Crippen LogP contribution in [0, 0.1) is 0 Å². The number of aliphatic hydroxyl groups is 1. The topological polar surface area (TPSA) is 95.9 Å². The van der Waals surface area contributed by atoms with Crippen molar-refractivity contribution in [1.82, 2.24) is 10.2 Å². The van der Waals surface area contributed by atoms with E-state index in [0.29, 0.717) is 22.8 Å². The van der Waals surface area contributed by atoms with Crippen LogP contribution in [0.5, 0.6) is 5.75 Å². The first-order valence-electron chi connectivity index (χ1n) is 7.93. The Balaban J connectivity index is 1.68. The lowest BCUT2D eigenvalue weighted by Gasteiger charge is -2.18. The second-order valence-electron chi connectivity index (χ2n) is 5.79. The molecule has 2 aliphatic heterocycles. The van der Waals surface area contributed by atoms with Crippen LogP contribution in [0.15, 0.2) is 29.2 Å². The third-order valence-corrected chi connectivity index (χ3v) is 6.08. The summed E-state index contributed by atoms with van der Waals surface area (Å²) in [6.45, 7) is -0.359. The Bertz CT molecular complexity index is 767. The maximum Gasteiger partial charge on any atom is 0.294 e. The molecular weight excluding hydrogens is 376 g/mol. The average Bonchev–Trinajstić information content (AvgIpc) is 3.13. The Morgan fingerprint density at radius 1 is 1.38 bits per heavy atom. The lowest BCUT2D eigenvalue weighted by Crippen LogP contribution is -2.47. The molecule has 2 fully saturated rings. The third kappa shape index (κ3) is 4.05. The smallest absolute Gasteiger partial charge is 0.294 e. The average molecular weight is 394 g/mol. The Labute approximate surface area is 159 Å². The van der Waals surface area contributed by atoms with Gasteiger partial charge in [0, 0.05) is 17.1 Å². The number of nitrogens with zero attached hydrogens (tertiary/aromatic N) is 1. The van der Waals surface area contributed by atoms with Gasteiger partial charge in [-0.3, -0.25) is 19.3 Å². The van der Waals surface area contributed by atoms with Crippen molar-refractivity contribution in [3.05, 3.63) is 34.7 Å². The van der Waals surface area contributed by atoms with Crippen molar-refractivity contribution in [2.45, 2.75) is 12.1 Å². The van der Waals surface area contributed by atoms with Crippen LogP contribution in [0.2, 0.25) is 0 Å². The van der Waals surface area contributed by atoms with E-state index in [0.717, 1.165) is 16.7 Å². The van der Waals surface area contributed by atoms with Crippen LogP contribution in [0.25, 0.3) is 6.08 Å². The van der Waals surface area contributed by atoms with Crippen molar-refractivity contribution in [2.75, 3.05) is 25.2 Å². The molecule has 1 aromatic rings. The highest BCUT2D eigenvalue weighted by Gasteiger charge is 2.37. The lowest BCUT2D eigenvalue weighted by molar-refractivity contribution is -0.129. The van der Waals surface area contributed by atoms with Gasteiger partial charge in [-0.25, -0.2) is 0 Å². The molecule has 0 bridgehead atoms. The van der Waals surface area contributed by atoms with Gasteiger partial charge in [-0.15, -0.1) is 0 Å². The van der Waals surface area contributed by atoms with Gasteiger partial charge in [0.05, 0.1) is 24.2 Å². The van der Waals surface area contributed by atoms with Crippen molar-refractivity contribution in [3.8, 4) is 5.75 Å². The molecule has 2 N–H and O–H groups in total. The van der Waals surface area contributed by atoms with Crippen molar-refractivity contribution >= 4 is 46.7 Å². The quantitative estimate of drug-likeness (QED) is 0.727. The number of carbonyl (C=O) groups excluding carboxylic acids is 3. The Morgan fingerprint density at radius 3 is 2.85 bits per heavy atom. The minimum absolute atomic E-state index is 0.240. The fraction of sp³-hybridized carbons (Fsp3) is 0.353. The fourth-order valence-corrected chi connectivity index (χ4v) is 4.64. The van der Waals surface area contributed by atoms with Gasteiger partial charge in [0.25, 0.3) is 11.1 Å². The first-order chi connectivity index (χ1) is 12.5. The zero-order chi connectivity index (χ0) is 18.7. The Morgan fingerprint density at radius 2 is 2.15 bits per heavy atom. The molecule has 0 saturated carbocycles. The minimum Gasteiger partial charge on any atom is -0.496 e. The van der Waals surface area contributed by atoms with Crippen molar-refractivity contribution in [3.63, 3.8) is 0 Å². The molecule has 0 aromatic heterocycles. The molecule has 0 aliphatic carbocycles. The molecular formula is C17H18N2O5S2. The number of benzene rings is 1. The summed E-state index contributed by atoms with van der Waals surface area (Å²) in [6, 6.07) is 6.79. The molecule has 2 aliphatic rings. The number of hydrogen-bond donors (Lipinski definition) is 2. The molecule has 0 spiro atoms. The standard InChI is InChI=1S/C17H18N2O5S2/c1-24-13-5-3-2-4-10(13)6-14-16(22)19(17(23)26-14)7-15(21)18-11-8-25-9-12(11)20/h2-6,11-12,20H,7-9H2,1H3,(H,18,21)/b14-6-/t11-,12+/m0/s1. The van der Waals surface area contributed by atoms with Gasteiger partial charge in [0.2, 0.25) is 5.91 Å². The fourth-order valence-electron chi connectivity index (χ4n) is 2.64. The highest BCUT2D eigenvalue weighted by Crippen LogP contribution is 2.33. The van der Waals surface area contributed by atoms with E-state index in [4.69, 9.17) is 4.74 Å². The monoisotopic (exact) mass is 394 g/mol. The first-order valence-corrected chi connectivity index (χ1v) is 9.90. The van der Waals surface area contributed by atoms with Gasteiger partial charge >= 0.3 is 0 Å². The summed E-state index contributed by atoms with van der Waals surface area (Å²) in [6.07, 6.45) is 0.975. The van der Waals surface area contributed by atoms with Crippen LogP contribution in [-0.2, 0) is 9.59 Å². The van der Waals surface area contributed by atoms with E-state index in [1.165, 1.54) is 7.11 Å². The summed E-state index contributed by atoms with van der Waals surface area (Å²) < 4.78 is 5.24. The zero-order valence-corrected chi connectivity index (χ0v) is 15.6. The molecule has 2 heterocycles. The predicted molar refractivity (Wildman–Crippen MR) is 101 cm³/mol. The van der Waals surface area contributed by atoms with Crippen LogP contribution in [0.3, 0.4) is 0 Å². The number of para-hydroxylation sites is 1. The zero-order valence-electron chi connectivity index (χ0n) is 14.0. The molecule has 0 unspecified atom stereocenters. The number of carbonyl (C=O) groups is 3. The Hall–Kier alpha value is -1.97. The number of methoxy groups -OCH3 is 1. The molecule has 138 valence electrons. The molecule has 2 saturated heterocycles. The number of aliphatic hydroxyl groups excluding tert-OH is 1. The second-order valence-corrected chi connectivity index (χ2v) is 7.86. The lowest BCUT2D eigenvalue weighted by atomic mass is 10.2.